The Kier molecular flexibility index (Phi) is 6.05. The van der Waals surface area contributed by atoms with Crippen molar-refractivity contribution in [3.8, 4) is 28.2 Å². The molecule has 32 heavy (non-hydrogen) atoms. The lowest BCUT2D eigenvalue weighted by Gasteiger charge is -2.14. The van der Waals surface area contributed by atoms with Crippen molar-refractivity contribution in [3.63, 3.8) is 0 Å². The molecule has 0 saturated carbocycles. The van der Waals surface area contributed by atoms with Crippen molar-refractivity contribution in [2.24, 2.45) is 0 Å². The van der Waals surface area contributed by atoms with E-state index in [4.69, 9.17) is 13.9 Å². The lowest BCUT2D eigenvalue weighted by molar-refractivity contribution is 0.132. The second kappa shape index (κ2) is 9.42. The van der Waals surface area contributed by atoms with E-state index in [1.807, 2.05) is 54.7 Å². The molecule has 1 fully saturated rings. The van der Waals surface area contributed by atoms with Gasteiger partial charge in [-0.2, -0.15) is 0 Å². The number of nitrogens with zero attached hydrogens (tertiary/aromatic N) is 1. The third-order valence-electron chi connectivity index (χ3n) is 5.83. The summed E-state index contributed by atoms with van der Waals surface area (Å²) >= 11 is 0. The number of fused-ring (bicyclic) bond motifs is 1. The summed E-state index contributed by atoms with van der Waals surface area (Å²) < 4.78 is 17.6. The lowest BCUT2D eigenvalue weighted by atomic mass is 10.1. The zero-order valence-corrected chi connectivity index (χ0v) is 18.1. The lowest BCUT2D eigenvalue weighted by Crippen LogP contribution is -2.27. The van der Waals surface area contributed by atoms with Crippen molar-refractivity contribution in [1.29, 1.82) is 0 Å². The molecule has 0 bridgehead atoms. The predicted octanol–water partition coefficient (Wildman–Crippen LogP) is 5.31. The summed E-state index contributed by atoms with van der Waals surface area (Å²) in [5, 5.41) is 6.78. The second-order valence-electron chi connectivity index (χ2n) is 7.95. The molecule has 2 aromatic carbocycles. The second-order valence-corrected chi connectivity index (χ2v) is 7.95. The van der Waals surface area contributed by atoms with Gasteiger partial charge in [0.25, 0.3) is 0 Å². The number of aromatic nitrogens is 1. The average Bonchev–Trinajstić information content (AvgIpc) is 3.52. The van der Waals surface area contributed by atoms with Crippen LogP contribution in [0.3, 0.4) is 0 Å². The number of hydrogen-bond donors (Lipinski definition) is 2. The van der Waals surface area contributed by atoms with Crippen LogP contribution in [0.15, 0.2) is 71.3 Å². The molecule has 1 unspecified atom stereocenters. The highest BCUT2D eigenvalue weighted by atomic mass is 16.5. The smallest absolute Gasteiger partial charge is 0.161 e. The maximum atomic E-state index is 6.29. The van der Waals surface area contributed by atoms with Gasteiger partial charge in [-0.25, -0.2) is 0 Å². The van der Waals surface area contributed by atoms with Crippen molar-refractivity contribution in [2.45, 2.75) is 18.9 Å². The molecule has 1 aliphatic heterocycles. The largest absolute Gasteiger partial charge is 0.495 e. The van der Waals surface area contributed by atoms with Gasteiger partial charge in [-0.3, -0.25) is 4.98 Å². The van der Waals surface area contributed by atoms with E-state index in [1.165, 1.54) is 12.8 Å². The standard InChI is InChI=1S/C26H27N3O3/c1-30-24-10-9-19(14-22(24)29-17-31-16-20-8-5-12-27-20)25-15-23-26(32-25)21(11-13-28-23)18-6-3-2-4-7-18/h2-4,6-7,9-11,13-15,20,27,29H,5,8,12,16-17H2,1H3. The van der Waals surface area contributed by atoms with E-state index in [1.54, 1.807) is 7.11 Å². The third kappa shape index (κ3) is 4.33. The fourth-order valence-corrected chi connectivity index (χ4v) is 4.15. The molecule has 4 aromatic rings. The van der Waals surface area contributed by atoms with Gasteiger partial charge in [-0.15, -0.1) is 0 Å². The number of benzene rings is 2. The zero-order valence-electron chi connectivity index (χ0n) is 18.1. The Morgan fingerprint density at radius 3 is 2.81 bits per heavy atom. The first kappa shape index (κ1) is 20.5. The monoisotopic (exact) mass is 429 g/mol. The molecule has 6 nitrogen and oxygen atoms in total. The number of hydrogen-bond acceptors (Lipinski definition) is 6. The molecular weight excluding hydrogens is 402 g/mol. The number of anilines is 1. The van der Waals surface area contributed by atoms with Crippen molar-refractivity contribution in [1.82, 2.24) is 10.3 Å². The van der Waals surface area contributed by atoms with Crippen molar-refractivity contribution in [3.05, 3.63) is 66.9 Å². The van der Waals surface area contributed by atoms with Crippen LogP contribution in [0.4, 0.5) is 5.69 Å². The van der Waals surface area contributed by atoms with Gasteiger partial charge < -0.3 is 24.5 Å². The molecule has 1 saturated heterocycles. The van der Waals surface area contributed by atoms with Crippen LogP contribution in [-0.4, -0.2) is 38.0 Å². The molecular formula is C26H27N3O3. The topological polar surface area (TPSA) is 68.6 Å². The van der Waals surface area contributed by atoms with E-state index in [2.05, 4.69) is 27.8 Å². The average molecular weight is 430 g/mol. The summed E-state index contributed by atoms with van der Waals surface area (Å²) in [5.74, 6) is 1.52. The Labute approximate surface area is 187 Å². The molecule has 164 valence electrons. The number of nitrogens with one attached hydrogen (secondary N) is 2. The van der Waals surface area contributed by atoms with E-state index in [0.717, 1.165) is 51.5 Å². The number of ether oxygens (including phenoxy) is 2. The molecule has 0 spiro atoms. The van der Waals surface area contributed by atoms with Gasteiger partial charge >= 0.3 is 0 Å². The van der Waals surface area contributed by atoms with Crippen molar-refractivity contribution < 1.29 is 13.9 Å². The molecule has 2 aromatic heterocycles. The minimum atomic E-state index is 0.415. The number of furan rings is 1. The molecule has 6 heteroatoms. The molecule has 1 aliphatic rings. The van der Waals surface area contributed by atoms with Gasteiger partial charge in [0.05, 0.1) is 19.4 Å². The van der Waals surface area contributed by atoms with Gasteiger partial charge in [0.1, 0.15) is 23.8 Å². The van der Waals surface area contributed by atoms with E-state index >= 15 is 0 Å². The number of rotatable bonds is 8. The fourth-order valence-electron chi connectivity index (χ4n) is 4.15. The van der Waals surface area contributed by atoms with E-state index in [-0.39, 0.29) is 0 Å². The van der Waals surface area contributed by atoms with Crippen LogP contribution in [0.2, 0.25) is 0 Å². The molecule has 5 rings (SSSR count). The van der Waals surface area contributed by atoms with Gasteiger partial charge in [0.15, 0.2) is 5.58 Å². The molecule has 1 atom stereocenters. The Hall–Kier alpha value is -3.35. The fraction of sp³-hybridized carbons (Fsp3) is 0.269. The van der Waals surface area contributed by atoms with Crippen LogP contribution in [0.5, 0.6) is 5.75 Å². The van der Waals surface area contributed by atoms with Gasteiger partial charge in [0.2, 0.25) is 0 Å². The minimum absolute atomic E-state index is 0.415. The van der Waals surface area contributed by atoms with E-state index in [0.29, 0.717) is 19.4 Å². The number of methoxy groups -OCH3 is 1. The minimum Gasteiger partial charge on any atom is -0.495 e. The van der Waals surface area contributed by atoms with Crippen molar-refractivity contribution >= 4 is 16.8 Å². The molecule has 0 amide bonds. The van der Waals surface area contributed by atoms with Crippen LogP contribution >= 0.6 is 0 Å². The Morgan fingerprint density at radius 1 is 1.09 bits per heavy atom. The Bertz CT molecular complexity index is 1180. The first-order valence-electron chi connectivity index (χ1n) is 11.0. The third-order valence-corrected chi connectivity index (χ3v) is 5.83. The highest BCUT2D eigenvalue weighted by molar-refractivity contribution is 5.92. The summed E-state index contributed by atoms with van der Waals surface area (Å²) in [6.45, 7) is 2.19. The van der Waals surface area contributed by atoms with Crippen LogP contribution in [0, 0.1) is 0 Å². The normalized spacial score (nSPS) is 15.8. The number of pyridine rings is 1. The quantitative estimate of drug-likeness (QED) is 0.292. The Balaban J connectivity index is 1.38. The molecule has 2 N–H and O–H groups in total. The van der Waals surface area contributed by atoms with Crippen molar-refractivity contribution in [2.75, 3.05) is 32.3 Å². The highest BCUT2D eigenvalue weighted by Crippen LogP contribution is 2.36. The van der Waals surface area contributed by atoms with Gasteiger partial charge in [-0.1, -0.05) is 30.3 Å². The summed E-state index contributed by atoms with van der Waals surface area (Å²) in [6, 6.07) is 20.6. The van der Waals surface area contributed by atoms with Crippen LogP contribution in [-0.2, 0) is 4.74 Å². The molecule has 0 aliphatic carbocycles. The summed E-state index contributed by atoms with van der Waals surface area (Å²) in [5.41, 5.74) is 5.56. The van der Waals surface area contributed by atoms with E-state index < -0.39 is 0 Å². The highest BCUT2D eigenvalue weighted by Gasteiger charge is 2.15. The molecule has 3 heterocycles. The Morgan fingerprint density at radius 2 is 2.00 bits per heavy atom. The maximum absolute atomic E-state index is 6.29. The van der Waals surface area contributed by atoms with Gasteiger partial charge in [-0.05, 0) is 49.2 Å². The van der Waals surface area contributed by atoms with Gasteiger partial charge in [0, 0.05) is 29.4 Å². The summed E-state index contributed by atoms with van der Waals surface area (Å²) in [4.78, 5) is 4.51. The first-order chi connectivity index (χ1) is 15.8. The zero-order chi connectivity index (χ0) is 21.8. The summed E-state index contributed by atoms with van der Waals surface area (Å²) in [7, 11) is 1.67. The SMILES string of the molecule is COc1ccc(-c2cc3nccc(-c4ccccc4)c3o2)cc1NCOCC1CCCN1. The maximum Gasteiger partial charge on any atom is 0.161 e. The summed E-state index contributed by atoms with van der Waals surface area (Å²) in [6.07, 6.45) is 4.21. The van der Waals surface area contributed by atoms with Crippen LogP contribution in [0.25, 0.3) is 33.6 Å². The molecule has 0 radical (unpaired) electrons. The predicted molar refractivity (Wildman–Crippen MR) is 127 cm³/mol. The first-order valence-corrected chi connectivity index (χ1v) is 11.0. The van der Waals surface area contributed by atoms with E-state index in [9.17, 15) is 0 Å². The van der Waals surface area contributed by atoms with Crippen LogP contribution < -0.4 is 15.4 Å². The van der Waals surface area contributed by atoms with Crippen LogP contribution in [0.1, 0.15) is 12.8 Å².